The minimum absolute atomic E-state index is 1.09. The molecule has 0 radical (unpaired) electrons. The largest absolute Gasteiger partial charge is 0.388 e. The van der Waals surface area contributed by atoms with E-state index < -0.39 is 0 Å². The summed E-state index contributed by atoms with van der Waals surface area (Å²) in [7, 11) is 3.89. The smallest absolute Gasteiger partial charge is 0.0337 e. The predicted molar refractivity (Wildman–Crippen MR) is 79.4 cm³/mol. The maximum Gasteiger partial charge on any atom is 0.0337 e. The van der Waals surface area contributed by atoms with Gasteiger partial charge in [-0.2, -0.15) is 0 Å². The van der Waals surface area contributed by atoms with E-state index in [4.69, 9.17) is 0 Å². The lowest BCUT2D eigenvalue weighted by molar-refractivity contribution is 0.960. The van der Waals surface area contributed by atoms with Gasteiger partial charge < -0.3 is 10.6 Å². The van der Waals surface area contributed by atoms with Crippen LogP contribution in [0.5, 0.6) is 0 Å². The molecule has 0 heterocycles. The van der Waals surface area contributed by atoms with Crippen LogP contribution < -0.4 is 10.6 Å². The van der Waals surface area contributed by atoms with E-state index in [1.54, 1.807) is 0 Å². The van der Waals surface area contributed by atoms with E-state index in [9.17, 15) is 0 Å². The highest BCUT2D eigenvalue weighted by Crippen LogP contribution is 2.13. The van der Waals surface area contributed by atoms with Crippen LogP contribution in [0.1, 0.15) is 11.1 Å². The molecule has 2 nitrogen and oxygen atoms in total. The molecule has 2 heteroatoms. The van der Waals surface area contributed by atoms with Crippen LogP contribution in [0, 0.1) is 0 Å². The highest BCUT2D eigenvalue weighted by Gasteiger charge is 1.97. The van der Waals surface area contributed by atoms with Crippen LogP contribution in [-0.4, -0.2) is 14.1 Å². The molecule has 0 aliphatic heterocycles. The van der Waals surface area contributed by atoms with Crippen molar-refractivity contribution in [3.05, 3.63) is 59.7 Å². The van der Waals surface area contributed by atoms with Gasteiger partial charge in [0.15, 0.2) is 0 Å². The number of rotatable bonds is 5. The Morgan fingerprint density at radius 2 is 0.944 bits per heavy atom. The van der Waals surface area contributed by atoms with Crippen LogP contribution in [0.4, 0.5) is 11.4 Å². The second kappa shape index (κ2) is 6.10. The van der Waals surface area contributed by atoms with E-state index in [1.165, 1.54) is 11.1 Å². The van der Waals surface area contributed by atoms with Gasteiger partial charge in [0.1, 0.15) is 0 Å². The summed E-state index contributed by atoms with van der Waals surface area (Å²) in [4.78, 5) is 0. The van der Waals surface area contributed by atoms with Crippen LogP contribution in [0.15, 0.2) is 48.5 Å². The molecule has 0 bridgehead atoms. The zero-order chi connectivity index (χ0) is 12.8. The van der Waals surface area contributed by atoms with E-state index in [0.717, 1.165) is 24.2 Å². The van der Waals surface area contributed by atoms with Crippen LogP contribution >= 0.6 is 0 Å². The Kier molecular flexibility index (Phi) is 4.24. The molecule has 0 fully saturated rings. The maximum absolute atomic E-state index is 3.13. The monoisotopic (exact) mass is 240 g/mol. The number of nitrogens with one attached hydrogen (secondary N) is 2. The van der Waals surface area contributed by atoms with Gasteiger partial charge in [-0.05, 0) is 48.2 Å². The van der Waals surface area contributed by atoms with E-state index >= 15 is 0 Å². The highest BCUT2D eigenvalue weighted by molar-refractivity contribution is 5.45. The molecule has 0 atom stereocenters. The summed E-state index contributed by atoms with van der Waals surface area (Å²) in [6, 6.07) is 17.3. The first-order valence-corrected chi connectivity index (χ1v) is 6.35. The molecular formula is C16H20N2. The molecule has 18 heavy (non-hydrogen) atoms. The molecule has 0 aliphatic carbocycles. The fraction of sp³-hybridized carbons (Fsp3) is 0.250. The average Bonchev–Trinajstić information content (AvgIpc) is 2.46. The number of hydrogen-bond acceptors (Lipinski definition) is 2. The van der Waals surface area contributed by atoms with Crippen molar-refractivity contribution in [1.82, 2.24) is 0 Å². The molecular weight excluding hydrogens is 220 g/mol. The van der Waals surface area contributed by atoms with Crippen molar-refractivity contribution in [2.75, 3.05) is 24.7 Å². The van der Waals surface area contributed by atoms with Gasteiger partial charge in [0.25, 0.3) is 0 Å². The van der Waals surface area contributed by atoms with Crippen LogP contribution in [0.25, 0.3) is 0 Å². The topological polar surface area (TPSA) is 24.1 Å². The molecule has 2 N–H and O–H groups in total. The first-order chi connectivity index (χ1) is 8.81. The summed E-state index contributed by atoms with van der Waals surface area (Å²) in [5.41, 5.74) is 5.09. The van der Waals surface area contributed by atoms with Crippen molar-refractivity contribution < 1.29 is 0 Å². The molecule has 0 aromatic heterocycles. The first kappa shape index (κ1) is 12.5. The van der Waals surface area contributed by atoms with Gasteiger partial charge in [0, 0.05) is 25.5 Å². The second-order valence-corrected chi connectivity index (χ2v) is 4.39. The van der Waals surface area contributed by atoms with Gasteiger partial charge in [-0.1, -0.05) is 24.3 Å². The lowest BCUT2D eigenvalue weighted by Gasteiger charge is -2.05. The summed E-state index contributed by atoms with van der Waals surface area (Å²) in [5.74, 6) is 0. The Bertz CT molecular complexity index is 424. The Balaban J connectivity index is 1.93. The lowest BCUT2D eigenvalue weighted by Crippen LogP contribution is -1.93. The summed E-state index contributed by atoms with van der Waals surface area (Å²) in [5, 5.41) is 6.27. The standard InChI is InChI=1S/C16H20N2/c1-17-15-9-5-13(6-10-15)3-4-14-7-11-16(18-2)12-8-14/h5-12,17-18H,3-4H2,1-2H3. The number of anilines is 2. The quantitative estimate of drug-likeness (QED) is 0.835. The van der Waals surface area contributed by atoms with Crippen LogP contribution in [0.2, 0.25) is 0 Å². The van der Waals surface area contributed by atoms with Gasteiger partial charge >= 0.3 is 0 Å². The third-order valence-corrected chi connectivity index (χ3v) is 3.19. The maximum atomic E-state index is 3.13. The third kappa shape index (κ3) is 3.27. The normalized spacial score (nSPS) is 10.1. The summed E-state index contributed by atoms with van der Waals surface area (Å²) in [6.45, 7) is 0. The molecule has 0 amide bonds. The second-order valence-electron chi connectivity index (χ2n) is 4.39. The van der Waals surface area contributed by atoms with Crippen molar-refractivity contribution in [3.63, 3.8) is 0 Å². The summed E-state index contributed by atoms with van der Waals surface area (Å²) in [6.07, 6.45) is 2.17. The number of benzene rings is 2. The van der Waals surface area contributed by atoms with Crippen molar-refractivity contribution in [2.45, 2.75) is 12.8 Å². The lowest BCUT2D eigenvalue weighted by atomic mass is 10.0. The molecule has 0 unspecified atom stereocenters. The van der Waals surface area contributed by atoms with Crippen LogP contribution in [0.3, 0.4) is 0 Å². The Hall–Kier alpha value is -1.96. The summed E-state index contributed by atoms with van der Waals surface area (Å²) >= 11 is 0. The fourth-order valence-electron chi connectivity index (χ4n) is 1.96. The number of hydrogen-bond donors (Lipinski definition) is 2. The SMILES string of the molecule is CNc1ccc(CCc2ccc(NC)cc2)cc1. The molecule has 2 aromatic carbocycles. The van der Waals surface area contributed by atoms with E-state index in [1.807, 2.05) is 14.1 Å². The van der Waals surface area contributed by atoms with Gasteiger partial charge in [-0.3, -0.25) is 0 Å². The molecule has 0 spiro atoms. The van der Waals surface area contributed by atoms with E-state index in [0.29, 0.717) is 0 Å². The Morgan fingerprint density at radius 3 is 1.22 bits per heavy atom. The molecule has 2 aromatic rings. The van der Waals surface area contributed by atoms with Crippen LogP contribution in [-0.2, 0) is 12.8 Å². The fourth-order valence-corrected chi connectivity index (χ4v) is 1.96. The van der Waals surface area contributed by atoms with Crippen molar-refractivity contribution in [3.8, 4) is 0 Å². The molecule has 94 valence electrons. The highest BCUT2D eigenvalue weighted by atomic mass is 14.8. The zero-order valence-electron chi connectivity index (χ0n) is 11.0. The Morgan fingerprint density at radius 1 is 0.611 bits per heavy atom. The Labute approximate surface area is 109 Å². The predicted octanol–water partition coefficient (Wildman–Crippen LogP) is 3.56. The minimum Gasteiger partial charge on any atom is -0.388 e. The van der Waals surface area contributed by atoms with Gasteiger partial charge in [0.2, 0.25) is 0 Å². The van der Waals surface area contributed by atoms with Crippen molar-refractivity contribution in [1.29, 1.82) is 0 Å². The zero-order valence-corrected chi connectivity index (χ0v) is 11.0. The van der Waals surface area contributed by atoms with E-state index in [-0.39, 0.29) is 0 Å². The first-order valence-electron chi connectivity index (χ1n) is 6.35. The minimum atomic E-state index is 1.09. The van der Waals surface area contributed by atoms with Gasteiger partial charge in [-0.15, -0.1) is 0 Å². The molecule has 0 aliphatic rings. The molecule has 0 saturated heterocycles. The number of aryl methyl sites for hydroxylation is 2. The van der Waals surface area contributed by atoms with E-state index in [2.05, 4.69) is 59.2 Å². The third-order valence-electron chi connectivity index (χ3n) is 3.19. The van der Waals surface area contributed by atoms with Crippen molar-refractivity contribution >= 4 is 11.4 Å². The van der Waals surface area contributed by atoms with Gasteiger partial charge in [-0.25, -0.2) is 0 Å². The summed E-state index contributed by atoms with van der Waals surface area (Å²) < 4.78 is 0. The van der Waals surface area contributed by atoms with Crippen molar-refractivity contribution in [2.24, 2.45) is 0 Å². The average molecular weight is 240 g/mol. The molecule has 0 saturated carbocycles. The van der Waals surface area contributed by atoms with Gasteiger partial charge in [0.05, 0.1) is 0 Å². The molecule has 2 rings (SSSR count).